The molecule has 0 radical (unpaired) electrons. The van der Waals surface area contributed by atoms with Crippen LogP contribution in [0, 0.1) is 5.41 Å². The highest BCUT2D eigenvalue weighted by atomic mass is 16.5. The zero-order valence-electron chi connectivity index (χ0n) is 11.9. The van der Waals surface area contributed by atoms with E-state index in [4.69, 9.17) is 4.74 Å². The SMILES string of the molecule is C=C(CNC(C)(C)C)COCCC(C)(C)C. The van der Waals surface area contributed by atoms with Crippen molar-refractivity contribution in [2.75, 3.05) is 19.8 Å². The van der Waals surface area contributed by atoms with E-state index >= 15 is 0 Å². The molecule has 0 aliphatic rings. The molecule has 0 saturated heterocycles. The van der Waals surface area contributed by atoms with Crippen molar-refractivity contribution in [2.24, 2.45) is 5.41 Å². The predicted octanol–water partition coefficient (Wildman–Crippen LogP) is 3.38. The molecule has 0 bridgehead atoms. The summed E-state index contributed by atoms with van der Waals surface area (Å²) in [5.41, 5.74) is 1.61. The minimum Gasteiger partial charge on any atom is -0.377 e. The van der Waals surface area contributed by atoms with Gasteiger partial charge < -0.3 is 10.1 Å². The van der Waals surface area contributed by atoms with Crippen molar-refractivity contribution in [3.63, 3.8) is 0 Å². The fraction of sp³-hybridized carbons (Fsp3) is 0.857. The van der Waals surface area contributed by atoms with Crippen LogP contribution in [-0.2, 0) is 4.74 Å². The van der Waals surface area contributed by atoms with Crippen molar-refractivity contribution in [1.29, 1.82) is 0 Å². The van der Waals surface area contributed by atoms with Crippen molar-refractivity contribution in [2.45, 2.75) is 53.5 Å². The molecule has 0 aromatic rings. The molecule has 0 fully saturated rings. The number of nitrogens with one attached hydrogen (secondary N) is 1. The van der Waals surface area contributed by atoms with Crippen LogP contribution >= 0.6 is 0 Å². The third kappa shape index (κ3) is 11.7. The van der Waals surface area contributed by atoms with Gasteiger partial charge in [-0.2, -0.15) is 0 Å². The standard InChI is InChI=1S/C14H29NO/c1-12(10-15-14(5,6)7)11-16-9-8-13(2,3)4/h15H,1,8-11H2,2-7H3. The Bertz CT molecular complexity index is 208. The summed E-state index contributed by atoms with van der Waals surface area (Å²) in [6.45, 7) is 19.5. The third-order valence-corrected chi connectivity index (χ3v) is 2.17. The zero-order valence-corrected chi connectivity index (χ0v) is 11.9. The molecule has 0 spiro atoms. The van der Waals surface area contributed by atoms with Gasteiger partial charge >= 0.3 is 0 Å². The molecule has 0 rings (SSSR count). The molecule has 0 atom stereocenters. The van der Waals surface area contributed by atoms with Gasteiger partial charge in [0.05, 0.1) is 6.61 Å². The molecule has 0 aromatic carbocycles. The molecule has 16 heavy (non-hydrogen) atoms. The predicted molar refractivity (Wildman–Crippen MR) is 71.8 cm³/mol. The summed E-state index contributed by atoms with van der Waals surface area (Å²) < 4.78 is 5.60. The van der Waals surface area contributed by atoms with Gasteiger partial charge in [0, 0.05) is 18.7 Å². The van der Waals surface area contributed by atoms with Crippen molar-refractivity contribution in [3.05, 3.63) is 12.2 Å². The molecule has 0 aliphatic carbocycles. The molecule has 0 aliphatic heterocycles. The van der Waals surface area contributed by atoms with Crippen LogP contribution in [0.2, 0.25) is 0 Å². The summed E-state index contributed by atoms with van der Waals surface area (Å²) in [5, 5.41) is 3.40. The summed E-state index contributed by atoms with van der Waals surface area (Å²) in [4.78, 5) is 0. The van der Waals surface area contributed by atoms with E-state index in [-0.39, 0.29) is 5.54 Å². The van der Waals surface area contributed by atoms with Gasteiger partial charge in [0.2, 0.25) is 0 Å². The summed E-state index contributed by atoms with van der Waals surface area (Å²) in [6.07, 6.45) is 1.09. The van der Waals surface area contributed by atoms with Crippen molar-refractivity contribution < 1.29 is 4.74 Å². The fourth-order valence-corrected chi connectivity index (χ4v) is 1.04. The highest BCUT2D eigenvalue weighted by Gasteiger charge is 2.10. The fourth-order valence-electron chi connectivity index (χ4n) is 1.04. The topological polar surface area (TPSA) is 21.3 Å². The zero-order chi connectivity index (χ0) is 12.8. The first-order valence-corrected chi connectivity index (χ1v) is 6.10. The Morgan fingerprint density at radius 1 is 1.12 bits per heavy atom. The Kier molecular flexibility index (Phi) is 6.27. The Morgan fingerprint density at radius 2 is 1.69 bits per heavy atom. The molecule has 2 heteroatoms. The van der Waals surface area contributed by atoms with Crippen molar-refractivity contribution >= 4 is 0 Å². The van der Waals surface area contributed by atoms with Crippen LogP contribution in [-0.4, -0.2) is 25.3 Å². The molecule has 0 saturated carbocycles. The van der Waals surface area contributed by atoms with E-state index in [2.05, 4.69) is 53.4 Å². The van der Waals surface area contributed by atoms with Gasteiger partial charge in [0.1, 0.15) is 0 Å². The Hall–Kier alpha value is -0.340. The van der Waals surface area contributed by atoms with Crippen molar-refractivity contribution in [1.82, 2.24) is 5.32 Å². The van der Waals surface area contributed by atoms with E-state index in [1.165, 1.54) is 0 Å². The molecule has 1 N–H and O–H groups in total. The van der Waals surface area contributed by atoms with Crippen LogP contribution in [0.5, 0.6) is 0 Å². The smallest absolute Gasteiger partial charge is 0.0686 e. The summed E-state index contributed by atoms with van der Waals surface area (Å²) >= 11 is 0. The van der Waals surface area contributed by atoms with Gasteiger partial charge in [-0.05, 0) is 38.2 Å². The molecule has 2 nitrogen and oxygen atoms in total. The second-order valence-electron chi connectivity index (χ2n) is 6.72. The highest BCUT2D eigenvalue weighted by Crippen LogP contribution is 2.17. The van der Waals surface area contributed by atoms with Crippen LogP contribution in [0.1, 0.15) is 48.0 Å². The number of hydrogen-bond donors (Lipinski definition) is 1. The van der Waals surface area contributed by atoms with E-state index in [1.807, 2.05) is 0 Å². The normalized spacial score (nSPS) is 12.9. The van der Waals surface area contributed by atoms with Gasteiger partial charge in [-0.1, -0.05) is 27.4 Å². The van der Waals surface area contributed by atoms with Crippen LogP contribution in [0.4, 0.5) is 0 Å². The molecule has 0 amide bonds. The van der Waals surface area contributed by atoms with Crippen LogP contribution < -0.4 is 5.32 Å². The van der Waals surface area contributed by atoms with E-state index in [9.17, 15) is 0 Å². The van der Waals surface area contributed by atoms with Gasteiger partial charge in [0.15, 0.2) is 0 Å². The van der Waals surface area contributed by atoms with E-state index in [1.54, 1.807) is 0 Å². The first-order valence-electron chi connectivity index (χ1n) is 6.10. The van der Waals surface area contributed by atoms with E-state index in [0.717, 1.165) is 25.1 Å². The van der Waals surface area contributed by atoms with Gasteiger partial charge in [0.25, 0.3) is 0 Å². The third-order valence-electron chi connectivity index (χ3n) is 2.17. The lowest BCUT2D eigenvalue weighted by atomic mass is 9.93. The number of hydrogen-bond acceptors (Lipinski definition) is 2. The minimum absolute atomic E-state index is 0.147. The largest absolute Gasteiger partial charge is 0.377 e. The lowest BCUT2D eigenvalue weighted by Gasteiger charge is -2.22. The minimum atomic E-state index is 0.147. The molecular formula is C14H29NO. The molecule has 0 unspecified atom stereocenters. The van der Waals surface area contributed by atoms with Crippen LogP contribution in [0.15, 0.2) is 12.2 Å². The maximum atomic E-state index is 5.60. The Morgan fingerprint density at radius 3 is 2.12 bits per heavy atom. The monoisotopic (exact) mass is 227 g/mol. The lowest BCUT2D eigenvalue weighted by Crippen LogP contribution is -2.37. The van der Waals surface area contributed by atoms with Gasteiger partial charge in [-0.15, -0.1) is 0 Å². The number of rotatable bonds is 6. The average molecular weight is 227 g/mol. The second kappa shape index (κ2) is 6.41. The van der Waals surface area contributed by atoms with E-state index < -0.39 is 0 Å². The summed E-state index contributed by atoms with van der Waals surface area (Å²) in [6, 6.07) is 0. The van der Waals surface area contributed by atoms with Crippen LogP contribution in [0.3, 0.4) is 0 Å². The molecule has 0 heterocycles. The maximum Gasteiger partial charge on any atom is 0.0686 e. The van der Waals surface area contributed by atoms with Gasteiger partial charge in [-0.25, -0.2) is 0 Å². The Labute approximate surface area is 101 Å². The highest BCUT2D eigenvalue weighted by molar-refractivity contribution is 4.98. The maximum absolute atomic E-state index is 5.60. The molecule has 0 aromatic heterocycles. The van der Waals surface area contributed by atoms with E-state index in [0.29, 0.717) is 12.0 Å². The van der Waals surface area contributed by atoms with Crippen molar-refractivity contribution in [3.8, 4) is 0 Å². The quantitative estimate of drug-likeness (QED) is 0.555. The Balaban J connectivity index is 3.52. The van der Waals surface area contributed by atoms with Crippen LogP contribution in [0.25, 0.3) is 0 Å². The van der Waals surface area contributed by atoms with Gasteiger partial charge in [-0.3, -0.25) is 0 Å². The summed E-state index contributed by atoms with van der Waals surface area (Å²) in [5.74, 6) is 0. The average Bonchev–Trinajstić information content (AvgIpc) is 2.06. The number of ether oxygens (including phenoxy) is 1. The second-order valence-corrected chi connectivity index (χ2v) is 6.72. The first-order chi connectivity index (χ1) is 7.10. The lowest BCUT2D eigenvalue weighted by molar-refractivity contribution is 0.125. The summed E-state index contributed by atoms with van der Waals surface area (Å²) in [7, 11) is 0. The molecule has 96 valence electrons. The first kappa shape index (κ1) is 15.7. The molecular weight excluding hydrogens is 198 g/mol.